The molecule has 3 rings (SSSR count). The molecule has 4 nitrogen and oxygen atoms in total. The second kappa shape index (κ2) is 7.09. The molecule has 2 aromatic rings. The summed E-state index contributed by atoms with van der Waals surface area (Å²) in [5, 5.41) is 0. The van der Waals surface area contributed by atoms with Gasteiger partial charge in [-0.05, 0) is 48.2 Å². The number of methoxy groups -OCH3 is 1. The molecule has 0 spiro atoms. The summed E-state index contributed by atoms with van der Waals surface area (Å²) in [5.74, 6) is 0.931. The van der Waals surface area contributed by atoms with Crippen molar-refractivity contribution in [2.45, 2.75) is 19.3 Å². The number of ether oxygens (including phenoxy) is 2. The first-order valence-electron chi connectivity index (χ1n) is 7.74. The predicted octanol–water partition coefficient (Wildman–Crippen LogP) is 3.97. The molecule has 0 aliphatic heterocycles. The van der Waals surface area contributed by atoms with Crippen LogP contribution in [0.25, 0.3) is 12.2 Å². The Hall–Kier alpha value is -2.62. The molecule has 1 aliphatic carbocycles. The Balaban J connectivity index is 1.73. The summed E-state index contributed by atoms with van der Waals surface area (Å²) in [6, 6.07) is 9.41. The lowest BCUT2D eigenvalue weighted by Gasteiger charge is -2.23. The van der Waals surface area contributed by atoms with Crippen LogP contribution in [0.3, 0.4) is 0 Å². The van der Waals surface area contributed by atoms with Crippen LogP contribution < -0.4 is 9.47 Å². The number of hydrogen-bond acceptors (Lipinski definition) is 4. The van der Waals surface area contributed by atoms with E-state index in [1.54, 1.807) is 25.6 Å². The number of benzene rings is 1. The lowest BCUT2D eigenvalue weighted by Crippen LogP contribution is -2.26. The third-order valence-electron chi connectivity index (χ3n) is 4.01. The lowest BCUT2D eigenvalue weighted by atomic mass is 9.86. The average Bonchev–Trinajstić information content (AvgIpc) is 2.53. The zero-order chi connectivity index (χ0) is 16.1. The number of carbonyl (C=O) groups is 1. The summed E-state index contributed by atoms with van der Waals surface area (Å²) in [5.41, 5.74) is 2.04. The molecular weight excluding hydrogens is 290 g/mol. The van der Waals surface area contributed by atoms with Gasteiger partial charge in [-0.2, -0.15) is 0 Å². The maximum atomic E-state index is 12.0. The van der Waals surface area contributed by atoms with E-state index < -0.39 is 0 Å². The van der Waals surface area contributed by atoms with Gasteiger partial charge < -0.3 is 9.47 Å². The molecular formula is C19H19NO3. The second-order valence-electron chi connectivity index (χ2n) is 5.57. The third kappa shape index (κ3) is 3.77. The number of rotatable bonds is 5. The fourth-order valence-corrected chi connectivity index (χ4v) is 2.37. The van der Waals surface area contributed by atoms with Crippen LogP contribution in [0, 0.1) is 5.92 Å². The zero-order valence-electron chi connectivity index (χ0n) is 13.1. The van der Waals surface area contributed by atoms with E-state index >= 15 is 0 Å². The molecule has 1 aliphatic rings. The standard InChI is InChI=1S/C19H19NO3/c1-22-18-13-15(6-5-14-9-11-20-12-10-14)7-8-17(18)23-19(21)16-3-2-4-16/h5-13,16H,2-4H2,1H3/b6-5+. The highest BCUT2D eigenvalue weighted by molar-refractivity contribution is 5.77. The molecule has 0 radical (unpaired) electrons. The second-order valence-corrected chi connectivity index (χ2v) is 5.57. The van der Waals surface area contributed by atoms with Crippen molar-refractivity contribution in [1.82, 2.24) is 4.98 Å². The van der Waals surface area contributed by atoms with Crippen molar-refractivity contribution in [2.75, 3.05) is 7.11 Å². The number of hydrogen-bond donors (Lipinski definition) is 0. The van der Waals surface area contributed by atoms with Crippen LogP contribution in [0.2, 0.25) is 0 Å². The Labute approximate surface area is 135 Å². The molecule has 4 heteroatoms. The van der Waals surface area contributed by atoms with Gasteiger partial charge in [0, 0.05) is 12.4 Å². The molecule has 1 saturated carbocycles. The van der Waals surface area contributed by atoms with E-state index in [0.29, 0.717) is 11.5 Å². The average molecular weight is 309 g/mol. The van der Waals surface area contributed by atoms with Crippen LogP contribution in [0.5, 0.6) is 11.5 Å². The normalized spacial score (nSPS) is 14.5. The van der Waals surface area contributed by atoms with Crippen LogP contribution in [0.4, 0.5) is 0 Å². The topological polar surface area (TPSA) is 48.4 Å². The van der Waals surface area contributed by atoms with Gasteiger partial charge in [0.15, 0.2) is 11.5 Å². The predicted molar refractivity (Wildman–Crippen MR) is 89.1 cm³/mol. The van der Waals surface area contributed by atoms with E-state index in [2.05, 4.69) is 4.98 Å². The molecule has 0 unspecified atom stereocenters. The third-order valence-corrected chi connectivity index (χ3v) is 4.01. The van der Waals surface area contributed by atoms with Crippen molar-refractivity contribution in [3.63, 3.8) is 0 Å². The molecule has 1 heterocycles. The summed E-state index contributed by atoms with van der Waals surface area (Å²) >= 11 is 0. The summed E-state index contributed by atoms with van der Waals surface area (Å²) in [7, 11) is 1.58. The van der Waals surface area contributed by atoms with E-state index in [0.717, 1.165) is 30.4 Å². The molecule has 1 aromatic carbocycles. The van der Waals surface area contributed by atoms with Crippen LogP contribution >= 0.6 is 0 Å². The molecule has 0 N–H and O–H groups in total. The Bertz CT molecular complexity index is 706. The minimum absolute atomic E-state index is 0.0472. The van der Waals surface area contributed by atoms with Crippen molar-refractivity contribution in [2.24, 2.45) is 5.92 Å². The lowest BCUT2D eigenvalue weighted by molar-refractivity contribution is -0.141. The summed E-state index contributed by atoms with van der Waals surface area (Å²) in [6.07, 6.45) is 10.4. The molecule has 0 amide bonds. The zero-order valence-corrected chi connectivity index (χ0v) is 13.1. The van der Waals surface area contributed by atoms with Crippen molar-refractivity contribution in [3.8, 4) is 11.5 Å². The first-order valence-corrected chi connectivity index (χ1v) is 7.74. The van der Waals surface area contributed by atoms with E-state index in [4.69, 9.17) is 9.47 Å². The van der Waals surface area contributed by atoms with E-state index in [9.17, 15) is 4.79 Å². The molecule has 0 saturated heterocycles. The first-order chi connectivity index (χ1) is 11.3. The fourth-order valence-electron chi connectivity index (χ4n) is 2.37. The van der Waals surface area contributed by atoms with Crippen LogP contribution in [-0.4, -0.2) is 18.1 Å². The molecule has 0 atom stereocenters. The molecule has 0 bridgehead atoms. The van der Waals surface area contributed by atoms with Gasteiger partial charge in [0.25, 0.3) is 0 Å². The smallest absolute Gasteiger partial charge is 0.314 e. The number of pyridine rings is 1. The highest BCUT2D eigenvalue weighted by Crippen LogP contribution is 2.32. The SMILES string of the molecule is COc1cc(/C=C/c2ccncc2)ccc1OC(=O)C1CCC1. The number of nitrogens with zero attached hydrogens (tertiary/aromatic N) is 1. The van der Waals surface area contributed by atoms with Gasteiger partial charge in [0.1, 0.15) is 0 Å². The Morgan fingerprint density at radius 1 is 1.09 bits per heavy atom. The summed E-state index contributed by atoms with van der Waals surface area (Å²) in [4.78, 5) is 16.0. The van der Waals surface area contributed by atoms with E-state index in [-0.39, 0.29) is 11.9 Å². The Morgan fingerprint density at radius 2 is 1.83 bits per heavy atom. The maximum absolute atomic E-state index is 12.0. The van der Waals surface area contributed by atoms with E-state index in [1.165, 1.54) is 0 Å². The van der Waals surface area contributed by atoms with Gasteiger partial charge in [-0.3, -0.25) is 9.78 Å². The molecule has 118 valence electrons. The monoisotopic (exact) mass is 309 g/mol. The first kappa shape index (κ1) is 15.3. The quantitative estimate of drug-likeness (QED) is 0.619. The van der Waals surface area contributed by atoms with Crippen molar-refractivity contribution < 1.29 is 14.3 Å². The molecule has 1 aromatic heterocycles. The van der Waals surface area contributed by atoms with Gasteiger partial charge in [0.2, 0.25) is 0 Å². The van der Waals surface area contributed by atoms with Crippen LogP contribution in [-0.2, 0) is 4.79 Å². The molecule has 23 heavy (non-hydrogen) atoms. The van der Waals surface area contributed by atoms with Crippen molar-refractivity contribution >= 4 is 18.1 Å². The van der Waals surface area contributed by atoms with Crippen LogP contribution in [0.15, 0.2) is 42.7 Å². The number of carbonyl (C=O) groups excluding carboxylic acids is 1. The van der Waals surface area contributed by atoms with E-state index in [1.807, 2.05) is 36.4 Å². The van der Waals surface area contributed by atoms with Crippen LogP contribution in [0.1, 0.15) is 30.4 Å². The van der Waals surface area contributed by atoms with Gasteiger partial charge >= 0.3 is 5.97 Å². The summed E-state index contributed by atoms with van der Waals surface area (Å²) < 4.78 is 10.8. The summed E-state index contributed by atoms with van der Waals surface area (Å²) in [6.45, 7) is 0. The Kier molecular flexibility index (Phi) is 4.71. The van der Waals surface area contributed by atoms with Gasteiger partial charge in [-0.1, -0.05) is 24.6 Å². The molecule has 1 fully saturated rings. The van der Waals surface area contributed by atoms with Gasteiger partial charge in [-0.25, -0.2) is 0 Å². The van der Waals surface area contributed by atoms with Gasteiger partial charge in [-0.15, -0.1) is 0 Å². The highest BCUT2D eigenvalue weighted by atomic mass is 16.6. The van der Waals surface area contributed by atoms with Crippen molar-refractivity contribution in [1.29, 1.82) is 0 Å². The fraction of sp³-hybridized carbons (Fsp3) is 0.263. The minimum atomic E-state index is -0.158. The Morgan fingerprint density at radius 3 is 2.48 bits per heavy atom. The highest BCUT2D eigenvalue weighted by Gasteiger charge is 2.27. The van der Waals surface area contributed by atoms with Crippen molar-refractivity contribution in [3.05, 3.63) is 53.9 Å². The maximum Gasteiger partial charge on any atom is 0.314 e. The number of esters is 1. The number of aromatic nitrogens is 1. The minimum Gasteiger partial charge on any atom is -0.493 e. The van der Waals surface area contributed by atoms with Gasteiger partial charge in [0.05, 0.1) is 13.0 Å². The largest absolute Gasteiger partial charge is 0.493 e.